The summed E-state index contributed by atoms with van der Waals surface area (Å²) < 4.78 is 0. The van der Waals surface area contributed by atoms with Gasteiger partial charge in [0, 0.05) is 0 Å². The topological polar surface area (TPSA) is 50.7 Å². The molecule has 0 aliphatic carbocycles. The highest BCUT2D eigenvalue weighted by atomic mass is 35.5. The van der Waals surface area contributed by atoms with Crippen LogP contribution in [0.3, 0.4) is 0 Å². The largest absolute Gasteiger partial charge is 0.331 e. The molecule has 6 heteroatoms. The maximum Gasteiger partial charge on any atom is 0.232 e. The first-order valence-electron chi connectivity index (χ1n) is 2.67. The van der Waals surface area contributed by atoms with Gasteiger partial charge in [0.15, 0.2) is 0 Å². The van der Waals surface area contributed by atoms with E-state index in [1.54, 1.807) is 0 Å². The van der Waals surface area contributed by atoms with Crippen LogP contribution in [0.2, 0.25) is 10.6 Å². The molecule has 0 saturated heterocycles. The quantitative estimate of drug-likeness (QED) is 0.773. The third kappa shape index (κ3) is 2.32. The lowest BCUT2D eigenvalue weighted by Gasteiger charge is -1.97. The lowest BCUT2D eigenvalue weighted by molar-refractivity contribution is 1.05. The van der Waals surface area contributed by atoms with E-state index in [9.17, 15) is 0 Å². The summed E-state index contributed by atoms with van der Waals surface area (Å²) in [6, 6.07) is 0. The third-order valence-electron chi connectivity index (χ3n) is 0.812. The number of rotatable bonds is 2. The third-order valence-corrected chi connectivity index (χ3v) is 1.15. The fourth-order valence-electron chi connectivity index (χ4n) is 0.482. The van der Waals surface area contributed by atoms with E-state index in [4.69, 9.17) is 23.2 Å². The van der Waals surface area contributed by atoms with E-state index < -0.39 is 0 Å². The fraction of sp³-hybridized carbons (Fsp3) is 0. The number of hydrogen-bond donors (Lipinski definition) is 1. The maximum atomic E-state index is 5.46. The Labute approximate surface area is 73.3 Å². The van der Waals surface area contributed by atoms with Crippen molar-refractivity contribution in [3.8, 4) is 0 Å². The molecule has 1 aromatic heterocycles. The van der Waals surface area contributed by atoms with Gasteiger partial charge in [-0.3, -0.25) is 0 Å². The van der Waals surface area contributed by atoms with Crippen molar-refractivity contribution in [2.24, 2.45) is 0 Å². The van der Waals surface area contributed by atoms with Crippen molar-refractivity contribution in [1.82, 2.24) is 15.0 Å². The molecule has 1 rings (SSSR count). The van der Waals surface area contributed by atoms with Crippen molar-refractivity contribution in [1.29, 1.82) is 0 Å². The summed E-state index contributed by atoms with van der Waals surface area (Å²) in [7, 11) is 0. The molecule has 0 spiro atoms. The lowest BCUT2D eigenvalue weighted by Crippen LogP contribution is -1.97. The van der Waals surface area contributed by atoms with Gasteiger partial charge in [-0.25, -0.2) is 0 Å². The van der Waals surface area contributed by atoms with Crippen molar-refractivity contribution in [3.05, 3.63) is 23.3 Å². The van der Waals surface area contributed by atoms with Gasteiger partial charge in [0.25, 0.3) is 0 Å². The van der Waals surface area contributed by atoms with Crippen LogP contribution >= 0.6 is 23.2 Å². The Balaban J connectivity index is 2.98. The molecule has 0 aromatic carbocycles. The second-order valence-electron chi connectivity index (χ2n) is 1.55. The Morgan fingerprint density at radius 2 is 1.73 bits per heavy atom. The van der Waals surface area contributed by atoms with Gasteiger partial charge in [0.05, 0.1) is 0 Å². The zero-order valence-corrected chi connectivity index (χ0v) is 6.89. The molecule has 1 N–H and O–H groups in total. The molecule has 4 nitrogen and oxygen atoms in total. The van der Waals surface area contributed by atoms with Crippen LogP contribution in [0.4, 0.5) is 5.95 Å². The van der Waals surface area contributed by atoms with Gasteiger partial charge in [-0.05, 0) is 29.4 Å². The molecular weight excluding hydrogens is 187 g/mol. The predicted octanol–water partition coefficient (Wildman–Crippen LogP) is 1.73. The number of aromatic nitrogens is 3. The Morgan fingerprint density at radius 3 is 2.18 bits per heavy atom. The molecule has 0 radical (unpaired) electrons. The highest BCUT2D eigenvalue weighted by molar-refractivity contribution is 6.31. The summed E-state index contributed by atoms with van der Waals surface area (Å²) in [5, 5.41) is 2.72. The Bertz CT molecular complexity index is 255. The van der Waals surface area contributed by atoms with Gasteiger partial charge in [-0.2, -0.15) is 15.0 Å². The minimum absolute atomic E-state index is 0.0503. The molecule has 0 aliphatic rings. The molecule has 11 heavy (non-hydrogen) atoms. The van der Waals surface area contributed by atoms with Crippen LogP contribution in [0.25, 0.3) is 0 Å². The summed E-state index contributed by atoms with van der Waals surface area (Å²) in [5.74, 6) is 0.282. The molecule has 0 saturated carbocycles. The summed E-state index contributed by atoms with van der Waals surface area (Å²) in [4.78, 5) is 11.0. The standard InChI is InChI=1S/C5H4Cl2N4/c1-2-8-5-10-3(6)9-4(7)11-5/h2H,1H2,(H,8,9,10,11). The van der Waals surface area contributed by atoms with E-state index >= 15 is 0 Å². The summed E-state index contributed by atoms with van der Waals surface area (Å²) >= 11 is 10.9. The van der Waals surface area contributed by atoms with Crippen LogP contribution in [0.5, 0.6) is 0 Å². The predicted molar refractivity (Wildman–Crippen MR) is 43.7 cm³/mol. The Morgan fingerprint density at radius 1 is 1.18 bits per heavy atom. The van der Waals surface area contributed by atoms with Crippen LogP contribution in [0.1, 0.15) is 0 Å². The molecule has 0 amide bonds. The van der Waals surface area contributed by atoms with E-state index in [2.05, 4.69) is 26.8 Å². The maximum absolute atomic E-state index is 5.46. The van der Waals surface area contributed by atoms with Crippen LogP contribution in [0.15, 0.2) is 12.8 Å². The SMILES string of the molecule is C=CNc1nc(Cl)nc(Cl)n1. The van der Waals surface area contributed by atoms with Gasteiger partial charge >= 0.3 is 0 Å². The normalized spacial score (nSPS) is 9.27. The molecule has 0 bridgehead atoms. The van der Waals surface area contributed by atoms with E-state index in [0.717, 1.165) is 0 Å². The fourth-order valence-corrected chi connectivity index (χ4v) is 0.845. The van der Waals surface area contributed by atoms with Crippen LogP contribution in [0, 0.1) is 0 Å². The molecule has 0 atom stereocenters. The molecule has 0 aliphatic heterocycles. The van der Waals surface area contributed by atoms with E-state index in [0.29, 0.717) is 0 Å². The van der Waals surface area contributed by atoms with Crippen molar-refractivity contribution >= 4 is 29.2 Å². The van der Waals surface area contributed by atoms with Crippen molar-refractivity contribution < 1.29 is 0 Å². The number of nitrogens with zero attached hydrogens (tertiary/aromatic N) is 3. The summed E-state index contributed by atoms with van der Waals surface area (Å²) in [5.41, 5.74) is 0. The monoisotopic (exact) mass is 190 g/mol. The zero-order valence-electron chi connectivity index (χ0n) is 5.38. The Hall–Kier alpha value is -0.870. The van der Waals surface area contributed by atoms with Crippen LogP contribution in [-0.4, -0.2) is 15.0 Å². The van der Waals surface area contributed by atoms with Gasteiger partial charge in [-0.15, -0.1) is 0 Å². The van der Waals surface area contributed by atoms with Crippen LogP contribution in [-0.2, 0) is 0 Å². The second kappa shape index (κ2) is 3.50. The number of nitrogens with one attached hydrogen (secondary N) is 1. The van der Waals surface area contributed by atoms with Crippen molar-refractivity contribution in [2.75, 3.05) is 5.32 Å². The first kappa shape index (κ1) is 8.23. The number of hydrogen-bond acceptors (Lipinski definition) is 4. The summed E-state index contributed by atoms with van der Waals surface area (Å²) in [6.07, 6.45) is 1.42. The molecule has 0 unspecified atom stereocenters. The van der Waals surface area contributed by atoms with E-state index in [1.807, 2.05) is 0 Å². The molecule has 58 valence electrons. The highest BCUT2D eigenvalue weighted by Crippen LogP contribution is 2.08. The average molecular weight is 191 g/mol. The van der Waals surface area contributed by atoms with Gasteiger partial charge < -0.3 is 5.32 Å². The molecule has 1 aromatic rings. The smallest absolute Gasteiger partial charge is 0.232 e. The lowest BCUT2D eigenvalue weighted by atomic mass is 10.8. The first-order valence-corrected chi connectivity index (χ1v) is 3.42. The molecular formula is C5H4Cl2N4. The van der Waals surface area contributed by atoms with Gasteiger partial charge in [-0.1, -0.05) is 6.58 Å². The minimum Gasteiger partial charge on any atom is -0.331 e. The van der Waals surface area contributed by atoms with Crippen molar-refractivity contribution in [3.63, 3.8) is 0 Å². The van der Waals surface area contributed by atoms with Crippen molar-refractivity contribution in [2.45, 2.75) is 0 Å². The van der Waals surface area contributed by atoms with E-state index in [1.165, 1.54) is 6.20 Å². The zero-order chi connectivity index (χ0) is 8.27. The second-order valence-corrected chi connectivity index (χ2v) is 2.22. The minimum atomic E-state index is 0.0503. The average Bonchev–Trinajstić information content (AvgIpc) is 1.85. The molecule has 0 fully saturated rings. The van der Waals surface area contributed by atoms with Gasteiger partial charge in [0.2, 0.25) is 16.5 Å². The first-order chi connectivity index (χ1) is 5.22. The molecule has 1 heterocycles. The Kier molecular flexibility index (Phi) is 2.62. The van der Waals surface area contributed by atoms with Gasteiger partial charge in [0.1, 0.15) is 0 Å². The van der Waals surface area contributed by atoms with E-state index in [-0.39, 0.29) is 16.5 Å². The summed E-state index contributed by atoms with van der Waals surface area (Å²) in [6.45, 7) is 3.42. The number of halogens is 2. The highest BCUT2D eigenvalue weighted by Gasteiger charge is 1.99. The van der Waals surface area contributed by atoms with Crippen LogP contribution < -0.4 is 5.32 Å². The number of anilines is 1.